The Labute approximate surface area is 183 Å². The van der Waals surface area contributed by atoms with E-state index in [4.69, 9.17) is 4.74 Å². The van der Waals surface area contributed by atoms with Gasteiger partial charge in [-0.25, -0.2) is 10.1 Å². The molecule has 8 heteroatoms. The summed E-state index contributed by atoms with van der Waals surface area (Å²) in [4.78, 5) is 39.7. The molecule has 8 nitrogen and oxygen atoms in total. The number of Topliss-reactive ketones (excluding diaryl/α,β-unsaturated/α-hetero) is 1. The van der Waals surface area contributed by atoms with Crippen molar-refractivity contribution >= 4 is 18.3 Å². The molecule has 0 atom stereocenters. The van der Waals surface area contributed by atoms with E-state index >= 15 is 0 Å². The van der Waals surface area contributed by atoms with Gasteiger partial charge < -0.3 is 20.3 Å². The Hall–Kier alpha value is -2.61. The number of hydrogen-bond acceptors (Lipinski definition) is 6. The van der Waals surface area contributed by atoms with Crippen LogP contribution in [0.5, 0.6) is 5.75 Å². The van der Waals surface area contributed by atoms with E-state index in [1.54, 1.807) is 6.07 Å². The molecule has 0 aromatic heterocycles. The zero-order valence-corrected chi connectivity index (χ0v) is 19.0. The van der Waals surface area contributed by atoms with Crippen LogP contribution in [-0.2, 0) is 9.53 Å². The lowest BCUT2D eigenvalue weighted by Gasteiger charge is -2.32. The first-order chi connectivity index (χ1) is 14.6. The fraction of sp³-hybridized carbons (Fsp3) is 0.609. The Bertz CT molecular complexity index is 807. The van der Waals surface area contributed by atoms with Gasteiger partial charge in [0.15, 0.2) is 11.5 Å². The molecular weight excluding hydrogens is 400 g/mol. The van der Waals surface area contributed by atoms with Crippen LogP contribution in [0.15, 0.2) is 6.07 Å². The van der Waals surface area contributed by atoms with E-state index in [9.17, 15) is 19.6 Å². The average Bonchev–Trinajstić information content (AvgIpc) is 2.71. The van der Waals surface area contributed by atoms with E-state index in [2.05, 4.69) is 15.5 Å². The molecule has 0 saturated heterocycles. The summed E-state index contributed by atoms with van der Waals surface area (Å²) in [6, 6.07) is 1.56. The lowest BCUT2D eigenvalue weighted by molar-refractivity contribution is -0.138. The summed E-state index contributed by atoms with van der Waals surface area (Å²) in [6.07, 6.45) is 3.67. The molecule has 0 spiro atoms. The smallest absolute Gasteiger partial charge is 0.407 e. The van der Waals surface area contributed by atoms with Gasteiger partial charge in [-0.15, -0.1) is 0 Å². The quantitative estimate of drug-likeness (QED) is 0.248. The Morgan fingerprint density at radius 2 is 1.81 bits per heavy atom. The van der Waals surface area contributed by atoms with E-state index in [1.165, 1.54) is 0 Å². The fourth-order valence-electron chi connectivity index (χ4n) is 4.18. The molecule has 2 amide bonds. The second-order valence-corrected chi connectivity index (χ2v) is 9.20. The van der Waals surface area contributed by atoms with Crippen LogP contribution >= 0.6 is 0 Å². The van der Waals surface area contributed by atoms with Gasteiger partial charge in [0.25, 0.3) is 0 Å². The number of amides is 2. The van der Waals surface area contributed by atoms with Crippen molar-refractivity contribution < 1.29 is 29.3 Å². The number of ether oxygens (including phenoxy) is 1. The van der Waals surface area contributed by atoms with Crippen LogP contribution in [0, 0.1) is 19.8 Å². The predicted molar refractivity (Wildman–Crippen MR) is 117 cm³/mol. The highest BCUT2D eigenvalue weighted by Gasteiger charge is 2.29. The van der Waals surface area contributed by atoms with Gasteiger partial charge in [0.1, 0.15) is 5.60 Å². The van der Waals surface area contributed by atoms with Crippen molar-refractivity contribution in [2.45, 2.75) is 71.8 Å². The number of rotatable bonds is 8. The molecule has 172 valence electrons. The predicted octanol–water partition coefficient (Wildman–Crippen LogP) is 3.88. The molecule has 1 fully saturated rings. The first-order valence-corrected chi connectivity index (χ1v) is 10.7. The van der Waals surface area contributed by atoms with E-state index in [-0.39, 0.29) is 24.0 Å². The lowest BCUT2D eigenvalue weighted by atomic mass is 9.75. The van der Waals surface area contributed by atoms with Gasteiger partial charge in [0.05, 0.1) is 6.54 Å². The Morgan fingerprint density at radius 3 is 2.35 bits per heavy atom. The summed E-state index contributed by atoms with van der Waals surface area (Å²) < 4.78 is 5.29. The van der Waals surface area contributed by atoms with Gasteiger partial charge in [-0.1, -0.05) is 0 Å². The number of alkyl carbamates (subject to hydrolysis) is 1. The van der Waals surface area contributed by atoms with Crippen LogP contribution in [0.1, 0.15) is 79.4 Å². The summed E-state index contributed by atoms with van der Waals surface area (Å²) >= 11 is 0. The third-order valence-corrected chi connectivity index (χ3v) is 5.84. The van der Waals surface area contributed by atoms with Crippen LogP contribution in [0.3, 0.4) is 0 Å². The zero-order valence-electron chi connectivity index (χ0n) is 19.0. The molecule has 31 heavy (non-hydrogen) atoms. The molecule has 1 aliphatic rings. The van der Waals surface area contributed by atoms with E-state index in [0.717, 1.165) is 42.4 Å². The van der Waals surface area contributed by atoms with Gasteiger partial charge in [-0.2, -0.15) is 0 Å². The van der Waals surface area contributed by atoms with Crippen LogP contribution in [0.25, 0.3) is 0 Å². The molecule has 1 aromatic carbocycles. The molecule has 0 radical (unpaired) electrons. The van der Waals surface area contributed by atoms with E-state index in [1.807, 2.05) is 34.6 Å². The largest absolute Gasteiger partial charge is 0.444 e. The number of ketones is 1. The maximum absolute atomic E-state index is 12.7. The standard InChI is InChI=1S/C23H34N2O6/c1-14-15(2)21(18(10-20(14)31-29)19(27)12-24-13-26)17-8-6-16(7-9-17)11-25-22(28)30-23(3,4)5/h10,13,16-17,29H,6-9,11-12H2,1-5H3,(H,24,26)(H,25,28). The summed E-state index contributed by atoms with van der Waals surface area (Å²) in [5.41, 5.74) is 2.59. The number of nitrogens with one attached hydrogen (secondary N) is 2. The van der Waals surface area contributed by atoms with Crippen molar-refractivity contribution in [2.24, 2.45) is 5.92 Å². The SMILES string of the molecule is Cc1c(OO)cc(C(=O)CNC=O)c(C2CCC(CNC(=O)OC(C)(C)C)CC2)c1C. The summed E-state index contributed by atoms with van der Waals surface area (Å²) in [7, 11) is 0. The van der Waals surface area contributed by atoms with Gasteiger partial charge in [0, 0.05) is 12.1 Å². The van der Waals surface area contributed by atoms with Gasteiger partial charge in [-0.3, -0.25) is 9.59 Å². The minimum absolute atomic E-state index is 0.112. The second kappa shape index (κ2) is 10.6. The van der Waals surface area contributed by atoms with Gasteiger partial charge >= 0.3 is 6.09 Å². The van der Waals surface area contributed by atoms with Gasteiger partial charge in [-0.05, 0) is 94.9 Å². The molecule has 0 aliphatic heterocycles. The highest BCUT2D eigenvalue weighted by Crippen LogP contribution is 2.41. The van der Waals surface area contributed by atoms with Crippen LogP contribution in [0.4, 0.5) is 4.79 Å². The van der Waals surface area contributed by atoms with Crippen molar-refractivity contribution in [1.82, 2.24) is 10.6 Å². The molecule has 0 unspecified atom stereocenters. The minimum atomic E-state index is -0.525. The first-order valence-electron chi connectivity index (χ1n) is 10.7. The van der Waals surface area contributed by atoms with Crippen LogP contribution in [0.2, 0.25) is 0 Å². The number of carbonyl (C=O) groups excluding carboxylic acids is 3. The second-order valence-electron chi connectivity index (χ2n) is 9.20. The first kappa shape index (κ1) is 24.7. The topological polar surface area (TPSA) is 114 Å². The summed E-state index contributed by atoms with van der Waals surface area (Å²) in [5.74, 6) is 0.545. The fourth-order valence-corrected chi connectivity index (χ4v) is 4.18. The zero-order chi connectivity index (χ0) is 23.2. The number of benzene rings is 1. The van der Waals surface area contributed by atoms with Crippen molar-refractivity contribution in [2.75, 3.05) is 13.1 Å². The van der Waals surface area contributed by atoms with Crippen molar-refractivity contribution in [3.8, 4) is 5.75 Å². The van der Waals surface area contributed by atoms with Crippen molar-refractivity contribution in [3.63, 3.8) is 0 Å². The van der Waals surface area contributed by atoms with E-state index < -0.39 is 11.7 Å². The molecule has 1 aliphatic carbocycles. The molecule has 1 aromatic rings. The maximum Gasteiger partial charge on any atom is 0.407 e. The third kappa shape index (κ3) is 6.69. The van der Waals surface area contributed by atoms with Crippen molar-refractivity contribution in [1.29, 1.82) is 0 Å². The normalized spacial score (nSPS) is 18.8. The molecule has 1 saturated carbocycles. The number of carbonyl (C=O) groups is 3. The maximum atomic E-state index is 12.7. The lowest BCUT2D eigenvalue weighted by Crippen LogP contribution is -2.36. The average molecular weight is 435 g/mol. The Morgan fingerprint density at radius 1 is 1.16 bits per heavy atom. The Balaban J connectivity index is 2.11. The molecule has 0 bridgehead atoms. The number of hydrogen-bond donors (Lipinski definition) is 3. The summed E-state index contributed by atoms with van der Waals surface area (Å²) in [6.45, 7) is 9.72. The highest BCUT2D eigenvalue weighted by molar-refractivity contribution is 6.00. The minimum Gasteiger partial charge on any atom is -0.444 e. The summed E-state index contributed by atoms with van der Waals surface area (Å²) in [5, 5.41) is 14.5. The molecular formula is C23H34N2O6. The monoisotopic (exact) mass is 434 g/mol. The highest BCUT2D eigenvalue weighted by atomic mass is 17.1. The third-order valence-electron chi connectivity index (χ3n) is 5.84. The van der Waals surface area contributed by atoms with Crippen LogP contribution < -0.4 is 15.5 Å². The molecule has 0 heterocycles. The van der Waals surface area contributed by atoms with Gasteiger partial charge in [0.2, 0.25) is 6.41 Å². The van der Waals surface area contributed by atoms with Crippen LogP contribution in [-0.4, -0.2) is 42.2 Å². The van der Waals surface area contributed by atoms with Crippen molar-refractivity contribution in [3.05, 3.63) is 28.3 Å². The Kier molecular flexibility index (Phi) is 8.44. The molecule has 3 N–H and O–H groups in total. The van der Waals surface area contributed by atoms with E-state index in [0.29, 0.717) is 24.4 Å². The molecule has 2 rings (SSSR count).